The second-order valence-corrected chi connectivity index (χ2v) is 5.13. The molecule has 6 heteroatoms. The summed E-state index contributed by atoms with van der Waals surface area (Å²) >= 11 is 0. The molecule has 1 aliphatic rings. The summed E-state index contributed by atoms with van der Waals surface area (Å²) in [6.45, 7) is 1.96. The Balaban J connectivity index is 2.16. The van der Waals surface area contributed by atoms with Gasteiger partial charge in [-0.15, -0.1) is 0 Å². The number of ether oxygens (including phenoxy) is 1. The Morgan fingerprint density at radius 2 is 2.25 bits per heavy atom. The van der Waals surface area contributed by atoms with E-state index in [1.54, 1.807) is 19.1 Å². The minimum Gasteiger partial charge on any atom is -0.508 e. The van der Waals surface area contributed by atoms with E-state index in [2.05, 4.69) is 0 Å². The summed E-state index contributed by atoms with van der Waals surface area (Å²) in [7, 11) is 0. The SMILES string of the molecule is CC1(CCC(=O)O)CN(c2cccc(O)c2)C(=O)CO1. The standard InChI is InChI=1S/C14H17NO5/c1-14(6-5-13(18)19)9-15(12(17)8-20-14)10-3-2-4-11(16)7-10/h2-4,7,16H,5-6,8-9H2,1H3,(H,18,19). The molecule has 108 valence electrons. The number of carbonyl (C=O) groups excluding carboxylic acids is 1. The third-order valence-corrected chi connectivity index (χ3v) is 3.35. The number of carboxylic acid groups (broad SMARTS) is 1. The molecule has 0 aliphatic carbocycles. The van der Waals surface area contributed by atoms with Crippen molar-refractivity contribution in [3.05, 3.63) is 24.3 Å². The molecular formula is C14H17NO5. The van der Waals surface area contributed by atoms with Crippen molar-refractivity contribution in [2.45, 2.75) is 25.4 Å². The minimum absolute atomic E-state index is 0.0153. The highest BCUT2D eigenvalue weighted by molar-refractivity contribution is 5.95. The first-order valence-electron chi connectivity index (χ1n) is 6.35. The van der Waals surface area contributed by atoms with Crippen molar-refractivity contribution in [1.29, 1.82) is 0 Å². The van der Waals surface area contributed by atoms with Crippen LogP contribution in [0.3, 0.4) is 0 Å². The second-order valence-electron chi connectivity index (χ2n) is 5.13. The average Bonchev–Trinajstić information content (AvgIpc) is 2.40. The molecule has 1 fully saturated rings. The summed E-state index contributed by atoms with van der Waals surface area (Å²) in [5.74, 6) is -1.02. The molecule has 1 aromatic rings. The smallest absolute Gasteiger partial charge is 0.303 e. The van der Waals surface area contributed by atoms with E-state index in [1.807, 2.05) is 0 Å². The van der Waals surface area contributed by atoms with Crippen molar-refractivity contribution in [1.82, 2.24) is 0 Å². The first-order chi connectivity index (χ1) is 9.39. The van der Waals surface area contributed by atoms with Crippen LogP contribution in [0, 0.1) is 0 Å². The van der Waals surface area contributed by atoms with Crippen molar-refractivity contribution < 1.29 is 24.5 Å². The van der Waals surface area contributed by atoms with Crippen LogP contribution < -0.4 is 4.90 Å². The van der Waals surface area contributed by atoms with Crippen LogP contribution in [-0.2, 0) is 14.3 Å². The Morgan fingerprint density at radius 1 is 1.50 bits per heavy atom. The van der Waals surface area contributed by atoms with Gasteiger partial charge in [-0.2, -0.15) is 0 Å². The quantitative estimate of drug-likeness (QED) is 0.869. The summed E-state index contributed by atoms with van der Waals surface area (Å²) < 4.78 is 5.49. The molecule has 20 heavy (non-hydrogen) atoms. The molecule has 0 radical (unpaired) electrons. The molecule has 1 aromatic carbocycles. The van der Waals surface area contributed by atoms with Gasteiger partial charge >= 0.3 is 5.97 Å². The molecular weight excluding hydrogens is 262 g/mol. The Morgan fingerprint density at radius 3 is 2.90 bits per heavy atom. The van der Waals surface area contributed by atoms with Crippen LogP contribution in [-0.4, -0.2) is 40.8 Å². The number of phenols is 1. The van der Waals surface area contributed by atoms with Gasteiger partial charge in [0.2, 0.25) is 0 Å². The molecule has 1 aliphatic heterocycles. The number of nitrogens with zero attached hydrogens (tertiary/aromatic N) is 1. The third kappa shape index (κ3) is 3.27. The largest absolute Gasteiger partial charge is 0.508 e. The maximum Gasteiger partial charge on any atom is 0.303 e. The topological polar surface area (TPSA) is 87.1 Å². The van der Waals surface area contributed by atoms with Crippen LogP contribution >= 0.6 is 0 Å². The number of aliphatic carboxylic acids is 1. The summed E-state index contributed by atoms with van der Waals surface area (Å²) in [5, 5.41) is 18.3. The van der Waals surface area contributed by atoms with Gasteiger partial charge in [-0.05, 0) is 25.5 Å². The van der Waals surface area contributed by atoms with Gasteiger partial charge in [0.25, 0.3) is 5.91 Å². The molecule has 2 N–H and O–H groups in total. The van der Waals surface area contributed by atoms with E-state index in [-0.39, 0.29) is 31.2 Å². The highest BCUT2D eigenvalue weighted by atomic mass is 16.5. The normalized spacial score (nSPS) is 22.9. The zero-order chi connectivity index (χ0) is 14.8. The van der Waals surface area contributed by atoms with Crippen molar-refractivity contribution >= 4 is 17.6 Å². The zero-order valence-corrected chi connectivity index (χ0v) is 11.2. The molecule has 0 bridgehead atoms. The van der Waals surface area contributed by atoms with Crippen LogP contribution in [0.2, 0.25) is 0 Å². The van der Waals surface area contributed by atoms with Gasteiger partial charge in [0.15, 0.2) is 0 Å². The number of carboxylic acids is 1. The molecule has 1 atom stereocenters. The summed E-state index contributed by atoms with van der Waals surface area (Å²) in [6.07, 6.45) is 0.309. The predicted molar refractivity (Wildman–Crippen MR) is 71.7 cm³/mol. The van der Waals surface area contributed by atoms with Crippen LogP contribution in [0.5, 0.6) is 5.75 Å². The Bertz CT molecular complexity index is 530. The number of rotatable bonds is 4. The number of aromatic hydroxyl groups is 1. The number of morpholine rings is 1. The Hall–Kier alpha value is -2.08. The Kier molecular flexibility index (Phi) is 3.94. The van der Waals surface area contributed by atoms with Crippen LogP contribution in [0.25, 0.3) is 0 Å². The molecule has 1 unspecified atom stereocenters. The van der Waals surface area contributed by atoms with Gasteiger partial charge in [-0.1, -0.05) is 6.07 Å². The fraction of sp³-hybridized carbons (Fsp3) is 0.429. The molecule has 0 saturated carbocycles. The number of hydrogen-bond acceptors (Lipinski definition) is 4. The van der Waals surface area contributed by atoms with Gasteiger partial charge < -0.3 is 19.8 Å². The fourth-order valence-corrected chi connectivity index (χ4v) is 2.20. The van der Waals surface area contributed by atoms with E-state index in [0.717, 1.165) is 0 Å². The molecule has 0 aromatic heterocycles. The molecule has 2 rings (SSSR count). The lowest BCUT2D eigenvalue weighted by molar-refractivity contribution is -0.142. The van der Waals surface area contributed by atoms with E-state index in [9.17, 15) is 14.7 Å². The van der Waals surface area contributed by atoms with Gasteiger partial charge in [0.1, 0.15) is 12.4 Å². The molecule has 0 spiro atoms. The maximum atomic E-state index is 11.9. The highest BCUT2D eigenvalue weighted by Crippen LogP contribution is 2.29. The van der Waals surface area contributed by atoms with Crippen molar-refractivity contribution in [3.8, 4) is 5.75 Å². The number of carbonyl (C=O) groups is 2. The average molecular weight is 279 g/mol. The van der Waals surface area contributed by atoms with Crippen LogP contribution in [0.4, 0.5) is 5.69 Å². The maximum absolute atomic E-state index is 11.9. The molecule has 1 heterocycles. The van der Waals surface area contributed by atoms with Gasteiger partial charge in [-0.3, -0.25) is 9.59 Å². The lowest BCUT2D eigenvalue weighted by atomic mass is 9.97. The van der Waals surface area contributed by atoms with Gasteiger partial charge in [-0.25, -0.2) is 0 Å². The fourth-order valence-electron chi connectivity index (χ4n) is 2.20. The first-order valence-corrected chi connectivity index (χ1v) is 6.35. The van der Waals surface area contributed by atoms with E-state index in [4.69, 9.17) is 9.84 Å². The number of phenolic OH excluding ortho intramolecular Hbond substituents is 1. The zero-order valence-electron chi connectivity index (χ0n) is 11.2. The van der Waals surface area contributed by atoms with E-state index in [1.165, 1.54) is 17.0 Å². The lowest BCUT2D eigenvalue weighted by Crippen LogP contribution is -2.53. The van der Waals surface area contributed by atoms with E-state index in [0.29, 0.717) is 12.1 Å². The monoisotopic (exact) mass is 279 g/mol. The molecule has 1 amide bonds. The van der Waals surface area contributed by atoms with Crippen LogP contribution in [0.15, 0.2) is 24.3 Å². The summed E-state index contributed by atoms with van der Waals surface area (Å²) in [4.78, 5) is 24.1. The molecule has 6 nitrogen and oxygen atoms in total. The highest BCUT2D eigenvalue weighted by Gasteiger charge is 2.36. The number of amides is 1. The van der Waals surface area contributed by atoms with Crippen molar-refractivity contribution in [3.63, 3.8) is 0 Å². The van der Waals surface area contributed by atoms with Gasteiger partial charge in [0, 0.05) is 18.2 Å². The lowest BCUT2D eigenvalue weighted by Gasteiger charge is -2.40. The number of hydrogen-bond donors (Lipinski definition) is 2. The third-order valence-electron chi connectivity index (χ3n) is 3.35. The molecule has 1 saturated heterocycles. The van der Waals surface area contributed by atoms with Crippen molar-refractivity contribution in [2.24, 2.45) is 0 Å². The Labute approximate surface area is 116 Å². The second kappa shape index (κ2) is 5.50. The van der Waals surface area contributed by atoms with E-state index < -0.39 is 11.6 Å². The number of anilines is 1. The summed E-state index contributed by atoms with van der Waals surface area (Å²) in [5.41, 5.74) is -0.113. The number of benzene rings is 1. The first kappa shape index (κ1) is 14.3. The predicted octanol–water partition coefficient (Wildman–Crippen LogP) is 1.38. The van der Waals surface area contributed by atoms with Crippen LogP contribution in [0.1, 0.15) is 19.8 Å². The summed E-state index contributed by atoms with van der Waals surface area (Å²) in [6, 6.07) is 6.40. The van der Waals surface area contributed by atoms with Gasteiger partial charge in [0.05, 0.1) is 12.1 Å². The minimum atomic E-state index is -0.893. The van der Waals surface area contributed by atoms with Crippen molar-refractivity contribution in [2.75, 3.05) is 18.1 Å². The van der Waals surface area contributed by atoms with E-state index >= 15 is 0 Å².